The van der Waals surface area contributed by atoms with Crippen LogP contribution in [0.15, 0.2) is 30.3 Å². The fourth-order valence-corrected chi connectivity index (χ4v) is 5.50. The lowest BCUT2D eigenvalue weighted by molar-refractivity contribution is -0.146. The molecule has 4 aliphatic heterocycles. The molecule has 4 saturated heterocycles. The van der Waals surface area contributed by atoms with Gasteiger partial charge in [-0.1, -0.05) is 30.3 Å². The van der Waals surface area contributed by atoms with Crippen LogP contribution in [-0.2, 0) is 14.3 Å². The Balaban J connectivity index is 1.32. The standard InChI is InChI=1S/C22H27N3O5/c26-20-16(23-22(28)29)11-19-18(30-19)10-15-6-7-17(25(15)20)21(27)24-9-8-14(12-24)13-4-2-1-3-5-13/h1-5,14-19,23H,6-12H2,(H,28,29)/t14?,15-,16+,17+,18-,19+/m0/s1. The Morgan fingerprint density at radius 3 is 2.60 bits per heavy atom. The molecule has 4 aliphatic rings. The van der Waals surface area contributed by atoms with Gasteiger partial charge in [0.2, 0.25) is 11.8 Å². The maximum Gasteiger partial charge on any atom is 0.405 e. The number of fused-ring (bicyclic) bond motifs is 2. The highest BCUT2D eigenvalue weighted by Crippen LogP contribution is 2.40. The number of rotatable bonds is 3. The van der Waals surface area contributed by atoms with E-state index in [0.29, 0.717) is 31.8 Å². The van der Waals surface area contributed by atoms with Crippen LogP contribution in [0.2, 0.25) is 0 Å². The zero-order chi connectivity index (χ0) is 20.8. The Labute approximate surface area is 175 Å². The summed E-state index contributed by atoms with van der Waals surface area (Å²) < 4.78 is 5.66. The number of nitrogens with one attached hydrogen (secondary N) is 1. The second-order valence-corrected chi connectivity index (χ2v) is 8.86. The first-order valence-corrected chi connectivity index (χ1v) is 10.8. The lowest BCUT2D eigenvalue weighted by atomic mass is 9.99. The lowest BCUT2D eigenvalue weighted by Gasteiger charge is -2.35. The van der Waals surface area contributed by atoms with Gasteiger partial charge in [-0.2, -0.15) is 0 Å². The molecule has 1 aromatic carbocycles. The normalized spacial score (nSPS) is 35.3. The third kappa shape index (κ3) is 3.53. The second kappa shape index (κ2) is 7.58. The molecule has 4 heterocycles. The first kappa shape index (κ1) is 19.4. The van der Waals surface area contributed by atoms with Crippen LogP contribution < -0.4 is 5.32 Å². The molecule has 4 fully saturated rings. The molecule has 0 spiro atoms. The summed E-state index contributed by atoms with van der Waals surface area (Å²) in [6.45, 7) is 1.35. The molecule has 1 aromatic rings. The largest absolute Gasteiger partial charge is 0.465 e. The van der Waals surface area contributed by atoms with Crippen molar-refractivity contribution in [3.8, 4) is 0 Å². The molecule has 160 valence electrons. The highest BCUT2D eigenvalue weighted by molar-refractivity contribution is 5.92. The summed E-state index contributed by atoms with van der Waals surface area (Å²) in [5, 5.41) is 11.5. The minimum absolute atomic E-state index is 0.00723. The van der Waals surface area contributed by atoms with E-state index < -0.39 is 18.2 Å². The van der Waals surface area contributed by atoms with Gasteiger partial charge in [-0.05, 0) is 31.2 Å². The fraction of sp³-hybridized carbons (Fsp3) is 0.591. The number of hydrogen-bond acceptors (Lipinski definition) is 4. The molecular weight excluding hydrogens is 386 g/mol. The number of carbonyl (C=O) groups is 3. The summed E-state index contributed by atoms with van der Waals surface area (Å²) >= 11 is 0. The number of epoxide rings is 1. The molecule has 3 amide bonds. The minimum Gasteiger partial charge on any atom is -0.465 e. The minimum atomic E-state index is -1.23. The summed E-state index contributed by atoms with van der Waals surface area (Å²) in [7, 11) is 0. The van der Waals surface area contributed by atoms with E-state index in [1.54, 1.807) is 4.90 Å². The van der Waals surface area contributed by atoms with Gasteiger partial charge in [0.25, 0.3) is 0 Å². The number of ether oxygens (including phenoxy) is 1. The fourth-order valence-electron chi connectivity index (χ4n) is 5.50. The average molecular weight is 413 g/mol. The van der Waals surface area contributed by atoms with E-state index in [-0.39, 0.29) is 30.1 Å². The molecule has 0 bridgehead atoms. The Morgan fingerprint density at radius 1 is 1.07 bits per heavy atom. The number of carboxylic acid groups (broad SMARTS) is 1. The molecule has 6 atom stereocenters. The molecule has 8 nitrogen and oxygen atoms in total. The molecule has 0 aliphatic carbocycles. The SMILES string of the molecule is O=C(O)N[C@@H]1C[C@H]2O[C@H]2C[C@@H]2CC[C@H](C(=O)N3CCC(c4ccccc4)C3)N2C1=O. The molecule has 30 heavy (non-hydrogen) atoms. The van der Waals surface area contributed by atoms with Gasteiger partial charge in [0.15, 0.2) is 0 Å². The van der Waals surface area contributed by atoms with Crippen LogP contribution in [0.25, 0.3) is 0 Å². The van der Waals surface area contributed by atoms with E-state index in [4.69, 9.17) is 4.74 Å². The molecule has 0 radical (unpaired) electrons. The van der Waals surface area contributed by atoms with Crippen LogP contribution in [0.1, 0.15) is 43.6 Å². The topological polar surface area (TPSA) is 102 Å². The Hall–Kier alpha value is -2.61. The van der Waals surface area contributed by atoms with Crippen LogP contribution in [0.3, 0.4) is 0 Å². The lowest BCUT2D eigenvalue weighted by Crippen LogP contribution is -2.57. The zero-order valence-electron chi connectivity index (χ0n) is 16.8. The van der Waals surface area contributed by atoms with Gasteiger partial charge in [-0.15, -0.1) is 0 Å². The quantitative estimate of drug-likeness (QED) is 0.732. The molecular formula is C22H27N3O5. The molecule has 5 rings (SSSR count). The third-order valence-electron chi connectivity index (χ3n) is 7.07. The van der Waals surface area contributed by atoms with Gasteiger partial charge in [-0.3, -0.25) is 9.59 Å². The summed E-state index contributed by atoms with van der Waals surface area (Å²) in [5.41, 5.74) is 1.24. The number of likely N-dealkylation sites (tertiary alicyclic amines) is 1. The second-order valence-electron chi connectivity index (χ2n) is 8.86. The van der Waals surface area contributed by atoms with Crippen molar-refractivity contribution in [1.82, 2.24) is 15.1 Å². The van der Waals surface area contributed by atoms with E-state index in [0.717, 1.165) is 19.3 Å². The highest BCUT2D eigenvalue weighted by atomic mass is 16.6. The van der Waals surface area contributed by atoms with Gasteiger partial charge in [-0.25, -0.2) is 4.79 Å². The van der Waals surface area contributed by atoms with Gasteiger partial charge >= 0.3 is 6.09 Å². The van der Waals surface area contributed by atoms with Crippen molar-refractivity contribution in [2.45, 2.75) is 68.4 Å². The Kier molecular flexibility index (Phi) is 4.89. The smallest absolute Gasteiger partial charge is 0.405 e. The summed E-state index contributed by atoms with van der Waals surface area (Å²) in [6.07, 6.45) is 2.13. The number of amides is 3. The van der Waals surface area contributed by atoms with Crippen molar-refractivity contribution < 1.29 is 24.2 Å². The van der Waals surface area contributed by atoms with E-state index >= 15 is 0 Å². The van der Waals surface area contributed by atoms with Crippen LogP contribution in [0.4, 0.5) is 4.79 Å². The van der Waals surface area contributed by atoms with E-state index in [2.05, 4.69) is 17.4 Å². The van der Waals surface area contributed by atoms with Crippen LogP contribution in [0.5, 0.6) is 0 Å². The van der Waals surface area contributed by atoms with Crippen molar-refractivity contribution in [3.63, 3.8) is 0 Å². The van der Waals surface area contributed by atoms with Crippen molar-refractivity contribution in [3.05, 3.63) is 35.9 Å². The molecule has 2 N–H and O–H groups in total. The van der Waals surface area contributed by atoms with Crippen molar-refractivity contribution in [2.75, 3.05) is 13.1 Å². The van der Waals surface area contributed by atoms with Gasteiger partial charge in [0.05, 0.1) is 12.2 Å². The number of nitrogens with zero attached hydrogens (tertiary/aromatic N) is 2. The first-order chi connectivity index (χ1) is 14.5. The third-order valence-corrected chi connectivity index (χ3v) is 7.07. The molecule has 8 heteroatoms. The first-order valence-electron chi connectivity index (χ1n) is 10.8. The maximum atomic E-state index is 13.4. The average Bonchev–Trinajstić information content (AvgIpc) is 3.12. The van der Waals surface area contributed by atoms with Crippen LogP contribution >= 0.6 is 0 Å². The number of carbonyl (C=O) groups excluding carboxylic acids is 2. The predicted molar refractivity (Wildman–Crippen MR) is 107 cm³/mol. The van der Waals surface area contributed by atoms with Crippen LogP contribution in [0, 0.1) is 0 Å². The number of benzene rings is 1. The predicted octanol–water partition coefficient (Wildman–Crippen LogP) is 1.56. The van der Waals surface area contributed by atoms with Crippen molar-refractivity contribution in [2.24, 2.45) is 0 Å². The van der Waals surface area contributed by atoms with Crippen LogP contribution in [-0.4, -0.2) is 76.2 Å². The van der Waals surface area contributed by atoms with Gasteiger partial charge in [0, 0.05) is 31.5 Å². The van der Waals surface area contributed by atoms with Crippen molar-refractivity contribution >= 4 is 17.9 Å². The molecule has 0 saturated carbocycles. The molecule has 0 aromatic heterocycles. The maximum absolute atomic E-state index is 13.4. The van der Waals surface area contributed by atoms with E-state index in [9.17, 15) is 19.5 Å². The van der Waals surface area contributed by atoms with E-state index in [1.807, 2.05) is 23.1 Å². The van der Waals surface area contributed by atoms with Gasteiger partial charge in [0.1, 0.15) is 12.1 Å². The highest BCUT2D eigenvalue weighted by Gasteiger charge is 2.53. The monoisotopic (exact) mass is 413 g/mol. The van der Waals surface area contributed by atoms with Crippen molar-refractivity contribution in [1.29, 1.82) is 0 Å². The number of hydrogen-bond donors (Lipinski definition) is 2. The van der Waals surface area contributed by atoms with Gasteiger partial charge < -0.3 is 25.0 Å². The van der Waals surface area contributed by atoms with E-state index in [1.165, 1.54) is 5.56 Å². The summed E-state index contributed by atoms with van der Waals surface area (Å²) in [6, 6.07) is 8.79. The summed E-state index contributed by atoms with van der Waals surface area (Å²) in [4.78, 5) is 41.5. The zero-order valence-corrected chi connectivity index (χ0v) is 16.8. The Bertz CT molecular complexity index is 846. The molecule has 1 unspecified atom stereocenters. The Morgan fingerprint density at radius 2 is 1.83 bits per heavy atom. The summed E-state index contributed by atoms with van der Waals surface area (Å²) in [5.74, 6) is 0.0237.